The van der Waals surface area contributed by atoms with Crippen molar-refractivity contribution in [2.24, 2.45) is 0 Å². The second-order valence-corrected chi connectivity index (χ2v) is 5.28. The van der Waals surface area contributed by atoms with Crippen molar-refractivity contribution in [1.82, 2.24) is 0 Å². The summed E-state index contributed by atoms with van der Waals surface area (Å²) < 4.78 is 5.19. The van der Waals surface area contributed by atoms with Gasteiger partial charge in [0.25, 0.3) is 5.91 Å². The van der Waals surface area contributed by atoms with Crippen LogP contribution < -0.4 is 4.90 Å². The Morgan fingerprint density at radius 2 is 2.11 bits per heavy atom. The molecule has 0 radical (unpaired) electrons. The standard InChI is InChI=1S/C13H11NO3S2/c1-2-17-11(15)8-10-12(16)14(13(18)19-10)9-6-4-3-5-7-9/h3-8H,2H2,1H3/b10-8-. The van der Waals surface area contributed by atoms with Gasteiger partial charge in [-0.05, 0) is 19.1 Å². The van der Waals surface area contributed by atoms with Crippen molar-refractivity contribution in [2.75, 3.05) is 11.5 Å². The van der Waals surface area contributed by atoms with Gasteiger partial charge in [-0.25, -0.2) is 4.79 Å². The van der Waals surface area contributed by atoms with E-state index in [0.29, 0.717) is 10.0 Å². The number of benzene rings is 1. The number of thiocarbonyl (C=S) groups is 1. The minimum atomic E-state index is -0.531. The SMILES string of the molecule is CCOC(=O)/C=C1\SC(=S)N(c2ccccc2)C1=O. The van der Waals surface area contributed by atoms with Crippen molar-refractivity contribution in [1.29, 1.82) is 0 Å². The minimum absolute atomic E-state index is 0.272. The molecule has 0 unspecified atom stereocenters. The molecule has 19 heavy (non-hydrogen) atoms. The number of nitrogens with zero attached hydrogens (tertiary/aromatic N) is 1. The summed E-state index contributed by atoms with van der Waals surface area (Å²) in [5.74, 6) is -0.828. The van der Waals surface area contributed by atoms with Gasteiger partial charge < -0.3 is 4.74 Å². The molecule has 1 heterocycles. The topological polar surface area (TPSA) is 46.6 Å². The molecule has 6 heteroatoms. The number of para-hydroxylation sites is 1. The molecule has 1 amide bonds. The van der Waals surface area contributed by atoms with Gasteiger partial charge in [0.15, 0.2) is 4.32 Å². The first kappa shape index (κ1) is 13.8. The Bertz CT molecular complexity index is 554. The van der Waals surface area contributed by atoms with E-state index < -0.39 is 5.97 Å². The first-order chi connectivity index (χ1) is 9.13. The third-order valence-electron chi connectivity index (χ3n) is 2.34. The first-order valence-electron chi connectivity index (χ1n) is 5.63. The van der Waals surface area contributed by atoms with E-state index in [0.717, 1.165) is 11.8 Å². The van der Waals surface area contributed by atoms with Gasteiger partial charge in [0.2, 0.25) is 0 Å². The number of hydrogen-bond acceptors (Lipinski definition) is 5. The van der Waals surface area contributed by atoms with E-state index in [1.165, 1.54) is 11.0 Å². The Balaban J connectivity index is 2.24. The highest BCUT2D eigenvalue weighted by atomic mass is 32.2. The summed E-state index contributed by atoms with van der Waals surface area (Å²) in [6.07, 6.45) is 1.19. The lowest BCUT2D eigenvalue weighted by atomic mass is 10.3. The van der Waals surface area contributed by atoms with Crippen LogP contribution in [0.25, 0.3) is 0 Å². The highest BCUT2D eigenvalue weighted by molar-refractivity contribution is 8.27. The molecule has 1 aromatic rings. The van der Waals surface area contributed by atoms with Crippen LogP contribution in [0.15, 0.2) is 41.3 Å². The molecule has 0 aliphatic carbocycles. The number of thioether (sulfide) groups is 1. The van der Waals surface area contributed by atoms with E-state index in [-0.39, 0.29) is 17.4 Å². The molecule has 1 aromatic carbocycles. The van der Waals surface area contributed by atoms with Crippen LogP contribution in [-0.4, -0.2) is 22.8 Å². The van der Waals surface area contributed by atoms with E-state index in [2.05, 4.69) is 0 Å². The largest absolute Gasteiger partial charge is 0.463 e. The van der Waals surface area contributed by atoms with Crippen molar-refractivity contribution in [2.45, 2.75) is 6.92 Å². The van der Waals surface area contributed by atoms with E-state index in [1.807, 2.05) is 18.2 Å². The fourth-order valence-corrected chi connectivity index (χ4v) is 2.82. The van der Waals surface area contributed by atoms with Crippen molar-refractivity contribution < 1.29 is 14.3 Å². The lowest BCUT2D eigenvalue weighted by molar-refractivity contribution is -0.137. The van der Waals surface area contributed by atoms with Gasteiger partial charge >= 0.3 is 5.97 Å². The maximum absolute atomic E-state index is 12.2. The number of rotatable bonds is 3. The second kappa shape index (κ2) is 5.99. The van der Waals surface area contributed by atoms with Crippen molar-refractivity contribution in [3.05, 3.63) is 41.3 Å². The minimum Gasteiger partial charge on any atom is -0.463 e. The molecule has 1 aliphatic rings. The van der Waals surface area contributed by atoms with Gasteiger partial charge in [0, 0.05) is 6.08 Å². The third-order valence-corrected chi connectivity index (χ3v) is 3.65. The summed E-state index contributed by atoms with van der Waals surface area (Å²) in [6.45, 7) is 1.98. The number of anilines is 1. The zero-order chi connectivity index (χ0) is 13.8. The van der Waals surface area contributed by atoms with Gasteiger partial charge in [-0.3, -0.25) is 9.69 Å². The maximum Gasteiger partial charge on any atom is 0.332 e. The molecule has 98 valence electrons. The van der Waals surface area contributed by atoms with E-state index in [4.69, 9.17) is 17.0 Å². The summed E-state index contributed by atoms with van der Waals surface area (Å²) in [6, 6.07) is 9.08. The maximum atomic E-state index is 12.2. The number of ether oxygens (including phenoxy) is 1. The predicted molar refractivity (Wildman–Crippen MR) is 78.8 cm³/mol. The molecule has 2 rings (SSSR count). The number of carbonyl (C=O) groups excluding carboxylic acids is 2. The fraction of sp³-hybridized carbons (Fsp3) is 0.154. The second-order valence-electron chi connectivity index (χ2n) is 3.60. The highest BCUT2D eigenvalue weighted by Crippen LogP contribution is 2.34. The summed E-state index contributed by atoms with van der Waals surface area (Å²) in [5.41, 5.74) is 0.692. The van der Waals surface area contributed by atoms with E-state index in [1.54, 1.807) is 19.1 Å². The molecular weight excluding hydrogens is 282 g/mol. The number of amides is 1. The molecule has 0 N–H and O–H groups in total. The third kappa shape index (κ3) is 3.02. The van der Waals surface area contributed by atoms with E-state index in [9.17, 15) is 9.59 Å². The van der Waals surface area contributed by atoms with Gasteiger partial charge in [-0.2, -0.15) is 0 Å². The monoisotopic (exact) mass is 293 g/mol. The quantitative estimate of drug-likeness (QED) is 0.487. The van der Waals surface area contributed by atoms with Gasteiger partial charge in [-0.15, -0.1) is 0 Å². The van der Waals surface area contributed by atoms with Crippen LogP contribution in [0.4, 0.5) is 5.69 Å². The summed E-state index contributed by atoms with van der Waals surface area (Å²) in [7, 11) is 0. The smallest absolute Gasteiger partial charge is 0.332 e. The lowest BCUT2D eigenvalue weighted by Crippen LogP contribution is -2.27. The molecular formula is C13H11NO3S2. The molecule has 4 nitrogen and oxygen atoms in total. The number of esters is 1. The van der Waals surface area contributed by atoms with Crippen molar-refractivity contribution in [3.8, 4) is 0 Å². The summed E-state index contributed by atoms with van der Waals surface area (Å²) >= 11 is 6.27. The molecule has 0 atom stereocenters. The molecule has 1 saturated heterocycles. The Morgan fingerprint density at radius 1 is 1.42 bits per heavy atom. The molecule has 0 aromatic heterocycles. The zero-order valence-corrected chi connectivity index (χ0v) is 11.8. The summed E-state index contributed by atoms with van der Waals surface area (Å²) in [5, 5.41) is 0. The van der Waals surface area contributed by atoms with Gasteiger partial charge in [0.1, 0.15) is 0 Å². The Labute approximate surface area is 120 Å². The lowest BCUT2D eigenvalue weighted by Gasteiger charge is -2.13. The van der Waals surface area contributed by atoms with Crippen LogP contribution in [0.3, 0.4) is 0 Å². The summed E-state index contributed by atoms with van der Waals surface area (Å²) in [4.78, 5) is 25.3. The average molecular weight is 293 g/mol. The Hall–Kier alpha value is -1.66. The molecule has 1 aliphatic heterocycles. The van der Waals surface area contributed by atoms with Crippen LogP contribution in [-0.2, 0) is 14.3 Å². The van der Waals surface area contributed by atoms with Gasteiger partial charge in [0.05, 0.1) is 17.2 Å². The van der Waals surface area contributed by atoms with Crippen LogP contribution >= 0.6 is 24.0 Å². The van der Waals surface area contributed by atoms with Crippen LogP contribution in [0.2, 0.25) is 0 Å². The average Bonchev–Trinajstić information content (AvgIpc) is 2.66. The van der Waals surface area contributed by atoms with Crippen molar-refractivity contribution in [3.63, 3.8) is 0 Å². The molecule has 1 fully saturated rings. The van der Waals surface area contributed by atoms with Crippen LogP contribution in [0.1, 0.15) is 6.92 Å². The fourth-order valence-electron chi connectivity index (χ4n) is 1.56. The highest BCUT2D eigenvalue weighted by Gasteiger charge is 2.33. The zero-order valence-electron chi connectivity index (χ0n) is 10.2. The molecule has 0 bridgehead atoms. The number of carbonyl (C=O) groups is 2. The molecule has 0 spiro atoms. The Kier molecular flexibility index (Phi) is 4.34. The van der Waals surface area contributed by atoms with Gasteiger partial charge in [-0.1, -0.05) is 42.2 Å². The predicted octanol–water partition coefficient (Wildman–Crippen LogP) is 2.50. The molecule has 0 saturated carbocycles. The Morgan fingerprint density at radius 3 is 2.74 bits per heavy atom. The first-order valence-corrected chi connectivity index (χ1v) is 6.85. The van der Waals surface area contributed by atoms with E-state index >= 15 is 0 Å². The normalized spacial score (nSPS) is 17.1. The van der Waals surface area contributed by atoms with Crippen molar-refractivity contribution >= 4 is 45.9 Å². The number of hydrogen-bond donors (Lipinski definition) is 0. The van der Waals surface area contributed by atoms with Crippen LogP contribution in [0.5, 0.6) is 0 Å². The van der Waals surface area contributed by atoms with Crippen LogP contribution in [0, 0.1) is 0 Å².